The van der Waals surface area contributed by atoms with Crippen molar-refractivity contribution in [3.8, 4) is 0 Å². The van der Waals surface area contributed by atoms with Crippen LogP contribution in [0.3, 0.4) is 0 Å². The topological polar surface area (TPSA) is 96.0 Å². The number of carbonyl (C=O) groups is 4. The van der Waals surface area contributed by atoms with Gasteiger partial charge in [-0.25, -0.2) is 4.79 Å². The number of ether oxygens (including phenoxy) is 1. The van der Waals surface area contributed by atoms with Crippen LogP contribution in [-0.2, 0) is 23.9 Å². The number of amides is 3. The first-order chi connectivity index (χ1) is 12.3. The van der Waals surface area contributed by atoms with Crippen molar-refractivity contribution in [2.75, 3.05) is 20.2 Å². The molecule has 3 heterocycles. The van der Waals surface area contributed by atoms with Crippen LogP contribution in [0.4, 0.5) is 0 Å². The molecule has 1 N–H and O–H groups in total. The van der Waals surface area contributed by atoms with E-state index in [4.69, 9.17) is 4.74 Å². The molecule has 3 rings (SSSR count). The van der Waals surface area contributed by atoms with Gasteiger partial charge in [0.15, 0.2) is 0 Å². The molecule has 0 aliphatic carbocycles. The largest absolute Gasteiger partial charge is 0.467 e. The zero-order valence-corrected chi connectivity index (χ0v) is 16.1. The molecule has 0 saturated carbocycles. The Bertz CT molecular complexity index is 628. The summed E-state index contributed by atoms with van der Waals surface area (Å²) in [5.74, 6) is -1.12. The van der Waals surface area contributed by atoms with Gasteiger partial charge in [0.2, 0.25) is 17.7 Å². The van der Waals surface area contributed by atoms with Gasteiger partial charge in [-0.15, -0.1) is 11.8 Å². The molecule has 5 atom stereocenters. The Kier molecular flexibility index (Phi) is 5.45. The quantitative estimate of drug-likeness (QED) is 0.628. The number of thioether (sulfide) groups is 1. The van der Waals surface area contributed by atoms with Gasteiger partial charge < -0.3 is 19.9 Å². The summed E-state index contributed by atoms with van der Waals surface area (Å²) < 4.78 is 4.84. The second kappa shape index (κ2) is 7.46. The average Bonchev–Trinajstić information content (AvgIpc) is 3.25. The monoisotopic (exact) mass is 383 g/mol. The van der Waals surface area contributed by atoms with E-state index in [1.807, 2.05) is 6.92 Å². The Balaban J connectivity index is 1.90. The van der Waals surface area contributed by atoms with Crippen molar-refractivity contribution >= 4 is 35.5 Å². The van der Waals surface area contributed by atoms with Gasteiger partial charge in [0.05, 0.1) is 12.4 Å². The minimum atomic E-state index is -0.757. The summed E-state index contributed by atoms with van der Waals surface area (Å²) >= 11 is 1.47. The van der Waals surface area contributed by atoms with E-state index in [1.54, 1.807) is 11.8 Å². The molecular weight excluding hydrogens is 358 g/mol. The van der Waals surface area contributed by atoms with Crippen LogP contribution >= 0.6 is 11.8 Å². The number of fused-ring (bicyclic) bond motifs is 3. The maximum atomic E-state index is 12.8. The van der Waals surface area contributed by atoms with Crippen LogP contribution in [0.5, 0.6) is 0 Å². The molecule has 3 amide bonds. The van der Waals surface area contributed by atoms with Gasteiger partial charge in [0.25, 0.3) is 0 Å². The lowest BCUT2D eigenvalue weighted by atomic mass is 10.1. The van der Waals surface area contributed by atoms with Crippen molar-refractivity contribution in [3.63, 3.8) is 0 Å². The summed E-state index contributed by atoms with van der Waals surface area (Å²) in [6.07, 6.45) is 1.84. The number of nitrogens with zero attached hydrogens (tertiary/aromatic N) is 2. The van der Waals surface area contributed by atoms with E-state index < -0.39 is 24.1 Å². The highest BCUT2D eigenvalue weighted by atomic mass is 32.2. The zero-order chi connectivity index (χ0) is 19.0. The van der Waals surface area contributed by atoms with E-state index >= 15 is 0 Å². The van der Waals surface area contributed by atoms with Crippen LogP contribution in [0.25, 0.3) is 0 Å². The molecule has 0 radical (unpaired) electrons. The summed E-state index contributed by atoms with van der Waals surface area (Å²) in [7, 11) is 1.30. The number of esters is 1. The van der Waals surface area contributed by atoms with Gasteiger partial charge in [0.1, 0.15) is 18.1 Å². The third-order valence-corrected chi connectivity index (χ3v) is 6.67. The summed E-state index contributed by atoms with van der Waals surface area (Å²) in [4.78, 5) is 53.5. The minimum Gasteiger partial charge on any atom is -0.467 e. The first-order valence-corrected chi connectivity index (χ1v) is 9.92. The fourth-order valence-corrected chi connectivity index (χ4v) is 5.37. The lowest BCUT2D eigenvalue weighted by Crippen LogP contribution is -2.55. The highest BCUT2D eigenvalue weighted by molar-refractivity contribution is 8.01. The number of carbonyl (C=O) groups excluding carboxylic acids is 4. The van der Waals surface area contributed by atoms with Gasteiger partial charge in [0, 0.05) is 18.3 Å². The molecule has 0 aromatic carbocycles. The smallest absolute Gasteiger partial charge is 0.328 e. The van der Waals surface area contributed by atoms with Crippen LogP contribution in [0.2, 0.25) is 0 Å². The number of rotatable bonds is 1. The fraction of sp³-hybridized carbons (Fsp3) is 0.765. The molecule has 144 valence electrons. The maximum absolute atomic E-state index is 12.8. The van der Waals surface area contributed by atoms with E-state index in [9.17, 15) is 19.2 Å². The van der Waals surface area contributed by atoms with Gasteiger partial charge >= 0.3 is 5.97 Å². The minimum absolute atomic E-state index is 0.0228. The van der Waals surface area contributed by atoms with Crippen molar-refractivity contribution < 1.29 is 23.9 Å². The molecule has 3 saturated heterocycles. The molecule has 0 aromatic rings. The number of methoxy groups -OCH3 is 1. The molecule has 3 fully saturated rings. The first kappa shape index (κ1) is 19.0. The molecule has 8 nitrogen and oxygen atoms in total. The number of hydrogen-bond acceptors (Lipinski definition) is 6. The molecule has 9 heteroatoms. The average molecular weight is 383 g/mol. The van der Waals surface area contributed by atoms with Crippen LogP contribution < -0.4 is 5.32 Å². The molecule has 0 unspecified atom stereocenters. The number of nitrogens with one attached hydrogen (secondary N) is 1. The summed E-state index contributed by atoms with van der Waals surface area (Å²) in [5.41, 5.74) is 0. The van der Waals surface area contributed by atoms with E-state index in [0.29, 0.717) is 25.9 Å². The van der Waals surface area contributed by atoms with Crippen molar-refractivity contribution in [2.24, 2.45) is 0 Å². The highest BCUT2D eigenvalue weighted by Crippen LogP contribution is 2.33. The van der Waals surface area contributed by atoms with Crippen molar-refractivity contribution in [1.82, 2.24) is 15.1 Å². The van der Waals surface area contributed by atoms with E-state index in [-0.39, 0.29) is 28.2 Å². The Labute approximate surface area is 157 Å². The Morgan fingerprint density at radius 2 is 1.92 bits per heavy atom. The van der Waals surface area contributed by atoms with Crippen molar-refractivity contribution in [3.05, 3.63) is 0 Å². The van der Waals surface area contributed by atoms with E-state index in [2.05, 4.69) is 5.32 Å². The SMILES string of the molecule is COC(=O)[C@@H]1C[C@H]2CN1C(=O)[C@@H](C)NC(=O)[C@@H]1CCCN1C(=O)[C@@H](C)S2. The summed E-state index contributed by atoms with van der Waals surface area (Å²) in [6.45, 7) is 4.37. The van der Waals surface area contributed by atoms with Crippen molar-refractivity contribution in [1.29, 1.82) is 0 Å². The first-order valence-electron chi connectivity index (χ1n) is 8.98. The summed E-state index contributed by atoms with van der Waals surface area (Å²) in [5, 5.41) is 2.37. The summed E-state index contributed by atoms with van der Waals surface area (Å²) in [6, 6.07) is -1.95. The molecule has 3 aliphatic heterocycles. The van der Waals surface area contributed by atoms with Crippen LogP contribution in [0.15, 0.2) is 0 Å². The molecular formula is C17H25N3O5S. The second-order valence-corrected chi connectivity index (χ2v) is 8.73. The van der Waals surface area contributed by atoms with E-state index in [1.165, 1.54) is 23.8 Å². The van der Waals surface area contributed by atoms with Crippen LogP contribution in [0, 0.1) is 0 Å². The molecule has 26 heavy (non-hydrogen) atoms. The van der Waals surface area contributed by atoms with Crippen molar-refractivity contribution in [2.45, 2.75) is 61.7 Å². The number of hydrogen-bond donors (Lipinski definition) is 1. The maximum Gasteiger partial charge on any atom is 0.328 e. The molecule has 3 aliphatic rings. The predicted molar refractivity (Wildman–Crippen MR) is 95.3 cm³/mol. The Hall–Kier alpha value is -1.77. The van der Waals surface area contributed by atoms with Gasteiger partial charge in [-0.2, -0.15) is 0 Å². The Morgan fingerprint density at radius 3 is 2.62 bits per heavy atom. The second-order valence-electron chi connectivity index (χ2n) is 7.09. The van der Waals surface area contributed by atoms with Crippen LogP contribution in [0.1, 0.15) is 33.1 Å². The molecule has 0 aromatic heterocycles. The molecule has 2 bridgehead atoms. The fourth-order valence-electron chi connectivity index (χ4n) is 4.00. The third-order valence-electron chi connectivity index (χ3n) is 5.33. The molecule has 0 spiro atoms. The lowest BCUT2D eigenvalue weighted by Gasteiger charge is -2.30. The van der Waals surface area contributed by atoms with Crippen LogP contribution in [-0.4, -0.2) is 82.3 Å². The zero-order valence-electron chi connectivity index (χ0n) is 15.3. The van der Waals surface area contributed by atoms with E-state index in [0.717, 1.165) is 6.42 Å². The van der Waals surface area contributed by atoms with Gasteiger partial charge in [-0.1, -0.05) is 0 Å². The predicted octanol–water partition coefficient (Wildman–Crippen LogP) is -0.240. The Morgan fingerprint density at radius 1 is 1.19 bits per heavy atom. The van der Waals surface area contributed by atoms with Gasteiger partial charge in [-0.05, 0) is 33.1 Å². The highest BCUT2D eigenvalue weighted by Gasteiger charge is 2.45. The third kappa shape index (κ3) is 3.41. The normalized spacial score (nSPS) is 35.5. The lowest BCUT2D eigenvalue weighted by molar-refractivity contribution is -0.152. The standard InChI is InChI=1S/C17H25N3O5S/c1-9-15(22)20-8-11(7-13(20)17(24)25-3)26-10(2)16(23)19-6-4-5-12(19)14(21)18-9/h9-13H,4-8H2,1-3H3,(H,18,21)/t9-,10-,11+,12+,13+/m1/s1. The van der Waals surface area contributed by atoms with Gasteiger partial charge in [-0.3, -0.25) is 14.4 Å².